The van der Waals surface area contributed by atoms with E-state index in [9.17, 15) is 4.79 Å². The molecule has 0 fully saturated rings. The highest BCUT2D eigenvalue weighted by molar-refractivity contribution is 7.21. The average Bonchev–Trinajstić information content (AvgIpc) is 2.88. The lowest BCUT2D eigenvalue weighted by molar-refractivity contribution is 0.112. The van der Waals surface area contributed by atoms with Crippen LogP contribution in [0.15, 0.2) is 17.3 Å². The van der Waals surface area contributed by atoms with Crippen molar-refractivity contribution >= 4 is 45.6 Å². The molecule has 0 unspecified atom stereocenters. The third-order valence-corrected chi connectivity index (χ3v) is 3.38. The van der Waals surface area contributed by atoms with E-state index in [0.717, 1.165) is 22.2 Å². The van der Waals surface area contributed by atoms with Gasteiger partial charge in [-0.05, 0) is 6.07 Å². The van der Waals surface area contributed by atoms with Crippen molar-refractivity contribution in [3.63, 3.8) is 0 Å². The van der Waals surface area contributed by atoms with Gasteiger partial charge in [0.25, 0.3) is 0 Å². The van der Waals surface area contributed by atoms with Crippen LogP contribution in [-0.4, -0.2) is 31.7 Å². The Balaban J connectivity index is 0.000000789. The van der Waals surface area contributed by atoms with Gasteiger partial charge in [0.05, 0.1) is 28.0 Å². The molecule has 6 heteroatoms. The standard InChI is InChI=1S/C11H12N4OS.C3H8.C2H6/c1-15(2)7-3-4-13-11-9(7)10(14-6-12)8(5-16)17-11;1-3-2;1-2/h3-6H,1-2H3,(H2,12,14);3H2,1-2H3;1-2H3. The van der Waals surface area contributed by atoms with Crippen LogP contribution in [0.25, 0.3) is 10.2 Å². The molecular formula is C16H26N4OS. The monoisotopic (exact) mass is 322 g/mol. The summed E-state index contributed by atoms with van der Waals surface area (Å²) in [6.07, 6.45) is 4.95. The molecule has 0 radical (unpaired) electrons. The Morgan fingerprint density at radius 2 is 1.95 bits per heavy atom. The highest BCUT2D eigenvalue weighted by Gasteiger charge is 2.16. The van der Waals surface area contributed by atoms with Gasteiger partial charge in [-0.15, -0.1) is 11.3 Å². The number of pyridine rings is 1. The van der Waals surface area contributed by atoms with Crippen molar-refractivity contribution in [2.45, 2.75) is 34.1 Å². The van der Waals surface area contributed by atoms with Crippen LogP contribution in [0.4, 0.5) is 11.4 Å². The maximum Gasteiger partial charge on any atom is 0.162 e. The van der Waals surface area contributed by atoms with Crippen molar-refractivity contribution in [1.82, 2.24) is 4.98 Å². The molecule has 2 rings (SSSR count). The zero-order chi connectivity index (χ0) is 17.1. The second-order valence-electron chi connectivity index (χ2n) is 4.32. The van der Waals surface area contributed by atoms with Gasteiger partial charge in [-0.1, -0.05) is 34.1 Å². The number of nitrogens with zero attached hydrogens (tertiary/aromatic N) is 3. The Labute approximate surface area is 136 Å². The Kier molecular flexibility index (Phi) is 9.78. The van der Waals surface area contributed by atoms with Crippen LogP contribution in [0.3, 0.4) is 0 Å². The second kappa shape index (κ2) is 10.7. The number of rotatable bonds is 3. The zero-order valence-electron chi connectivity index (χ0n) is 14.3. The van der Waals surface area contributed by atoms with E-state index in [1.807, 2.05) is 38.9 Å². The van der Waals surface area contributed by atoms with Gasteiger partial charge >= 0.3 is 0 Å². The van der Waals surface area contributed by atoms with Crippen molar-refractivity contribution in [2.75, 3.05) is 19.0 Å². The Morgan fingerprint density at radius 3 is 2.41 bits per heavy atom. The summed E-state index contributed by atoms with van der Waals surface area (Å²) in [6, 6.07) is 1.89. The molecule has 22 heavy (non-hydrogen) atoms. The number of aromatic nitrogens is 1. The lowest BCUT2D eigenvalue weighted by Crippen LogP contribution is -2.08. The van der Waals surface area contributed by atoms with E-state index in [1.54, 1.807) is 6.20 Å². The smallest absolute Gasteiger partial charge is 0.162 e. The summed E-state index contributed by atoms with van der Waals surface area (Å²) in [5.74, 6) is 0. The minimum absolute atomic E-state index is 0.545. The molecule has 0 aliphatic heterocycles. The van der Waals surface area contributed by atoms with Gasteiger partial charge in [-0.3, -0.25) is 4.79 Å². The van der Waals surface area contributed by atoms with E-state index in [0.29, 0.717) is 10.6 Å². The van der Waals surface area contributed by atoms with E-state index in [-0.39, 0.29) is 0 Å². The number of aldehydes is 1. The van der Waals surface area contributed by atoms with Gasteiger partial charge in [0.1, 0.15) is 4.83 Å². The fraction of sp³-hybridized carbons (Fsp3) is 0.438. The number of carbonyl (C=O) groups excluding carboxylic acids is 1. The summed E-state index contributed by atoms with van der Waals surface area (Å²) < 4.78 is 0. The quantitative estimate of drug-likeness (QED) is 0.521. The molecular weight excluding hydrogens is 296 g/mol. The van der Waals surface area contributed by atoms with Crippen LogP contribution in [0.2, 0.25) is 0 Å². The molecule has 0 aliphatic rings. The summed E-state index contributed by atoms with van der Waals surface area (Å²) in [7, 11) is 3.87. The molecule has 0 saturated carbocycles. The van der Waals surface area contributed by atoms with Gasteiger partial charge in [-0.25, -0.2) is 9.98 Å². The first-order valence-electron chi connectivity index (χ1n) is 7.38. The minimum atomic E-state index is 0.545. The lowest BCUT2D eigenvalue weighted by atomic mass is 10.2. The van der Waals surface area contributed by atoms with E-state index < -0.39 is 0 Å². The maximum absolute atomic E-state index is 11.0. The normalized spacial score (nSPS) is 9.73. The first kappa shape index (κ1) is 20.1. The summed E-state index contributed by atoms with van der Waals surface area (Å²) in [5.41, 5.74) is 6.89. The zero-order valence-corrected chi connectivity index (χ0v) is 15.1. The molecule has 5 nitrogen and oxygen atoms in total. The van der Waals surface area contributed by atoms with Gasteiger partial charge in [-0.2, -0.15) is 0 Å². The van der Waals surface area contributed by atoms with Crippen LogP contribution >= 0.6 is 11.3 Å². The molecule has 0 spiro atoms. The number of thiophene rings is 1. The van der Waals surface area contributed by atoms with E-state index in [2.05, 4.69) is 23.8 Å². The van der Waals surface area contributed by atoms with E-state index >= 15 is 0 Å². The number of fused-ring (bicyclic) bond motifs is 1. The molecule has 0 aromatic carbocycles. The van der Waals surface area contributed by atoms with Crippen molar-refractivity contribution in [3.05, 3.63) is 17.1 Å². The van der Waals surface area contributed by atoms with Crippen molar-refractivity contribution in [2.24, 2.45) is 10.7 Å². The van der Waals surface area contributed by atoms with Crippen molar-refractivity contribution in [1.29, 1.82) is 0 Å². The molecule has 0 bridgehead atoms. The Bertz CT molecular complexity index is 605. The minimum Gasteiger partial charge on any atom is -0.390 e. The van der Waals surface area contributed by atoms with Crippen LogP contribution in [0, 0.1) is 0 Å². The molecule has 0 saturated heterocycles. The average molecular weight is 322 g/mol. The maximum atomic E-state index is 11.0. The fourth-order valence-corrected chi connectivity index (χ4v) is 2.59. The van der Waals surface area contributed by atoms with Crippen LogP contribution in [-0.2, 0) is 0 Å². The highest BCUT2D eigenvalue weighted by atomic mass is 32.1. The third kappa shape index (κ3) is 4.80. The largest absolute Gasteiger partial charge is 0.390 e. The lowest BCUT2D eigenvalue weighted by Gasteiger charge is -2.13. The number of anilines is 1. The predicted octanol–water partition coefficient (Wildman–Crippen LogP) is 4.24. The summed E-state index contributed by atoms with van der Waals surface area (Å²) in [4.78, 5) is 22.6. The summed E-state index contributed by atoms with van der Waals surface area (Å²) in [5, 5.41) is 0.867. The summed E-state index contributed by atoms with van der Waals surface area (Å²) >= 11 is 1.32. The molecule has 0 amide bonds. The molecule has 2 aromatic rings. The molecule has 2 aromatic heterocycles. The number of hydrogen-bond donors (Lipinski definition) is 1. The van der Waals surface area contributed by atoms with Crippen LogP contribution in [0.5, 0.6) is 0 Å². The number of nitrogens with two attached hydrogens (primary N) is 1. The van der Waals surface area contributed by atoms with E-state index in [4.69, 9.17) is 5.73 Å². The van der Waals surface area contributed by atoms with Gasteiger partial charge in [0, 0.05) is 20.3 Å². The fourth-order valence-electron chi connectivity index (χ4n) is 1.66. The molecule has 2 heterocycles. The van der Waals surface area contributed by atoms with E-state index in [1.165, 1.54) is 24.1 Å². The predicted molar refractivity (Wildman–Crippen MR) is 99.0 cm³/mol. The highest BCUT2D eigenvalue weighted by Crippen LogP contribution is 2.40. The van der Waals surface area contributed by atoms with Crippen LogP contribution < -0.4 is 10.6 Å². The number of hydrogen-bond acceptors (Lipinski definition) is 5. The van der Waals surface area contributed by atoms with Gasteiger partial charge in [0.15, 0.2) is 6.29 Å². The van der Waals surface area contributed by atoms with Gasteiger partial charge < -0.3 is 10.6 Å². The van der Waals surface area contributed by atoms with Gasteiger partial charge in [0.2, 0.25) is 0 Å². The van der Waals surface area contributed by atoms with Crippen molar-refractivity contribution < 1.29 is 4.79 Å². The van der Waals surface area contributed by atoms with Crippen molar-refractivity contribution in [3.8, 4) is 0 Å². The first-order chi connectivity index (χ1) is 10.6. The summed E-state index contributed by atoms with van der Waals surface area (Å²) in [6.45, 7) is 8.25. The molecule has 2 N–H and O–H groups in total. The SMILES string of the molecule is CC.CCC.CN(C)c1ccnc2sc(C=O)c(N=CN)c12. The number of carbonyl (C=O) groups is 1. The molecule has 122 valence electrons. The Hall–Kier alpha value is -1.95. The third-order valence-electron chi connectivity index (χ3n) is 2.36. The van der Waals surface area contributed by atoms with Crippen LogP contribution in [0.1, 0.15) is 43.8 Å². The topological polar surface area (TPSA) is 71.6 Å². The second-order valence-corrected chi connectivity index (χ2v) is 5.35. The first-order valence-corrected chi connectivity index (χ1v) is 8.20. The Morgan fingerprint density at radius 1 is 1.36 bits per heavy atom. The number of aliphatic imine (C=N–C) groups is 1. The molecule has 0 atom stereocenters. The molecule has 0 aliphatic carbocycles.